The predicted octanol–water partition coefficient (Wildman–Crippen LogP) is 1.36. The molecule has 13 heavy (non-hydrogen) atoms. The second kappa shape index (κ2) is 2.90. The summed E-state index contributed by atoms with van der Waals surface area (Å²) in [5, 5.41) is 0. The lowest BCUT2D eigenvalue weighted by Gasteiger charge is -1.95. The van der Waals surface area contributed by atoms with Gasteiger partial charge < -0.3 is 10.7 Å². The summed E-state index contributed by atoms with van der Waals surface area (Å²) in [5.41, 5.74) is 8.01. The van der Waals surface area contributed by atoms with Gasteiger partial charge in [0.15, 0.2) is 5.82 Å². The van der Waals surface area contributed by atoms with E-state index < -0.39 is 0 Å². The average Bonchev–Trinajstić information content (AvgIpc) is 2.53. The Labute approximate surface area is 75.8 Å². The summed E-state index contributed by atoms with van der Waals surface area (Å²) < 4.78 is 0. The molecule has 0 aliphatic rings. The van der Waals surface area contributed by atoms with Crippen molar-refractivity contribution < 1.29 is 0 Å². The number of anilines is 1. The largest absolute Gasteiger partial charge is 0.397 e. The van der Waals surface area contributed by atoms with E-state index >= 15 is 0 Å². The third kappa shape index (κ3) is 1.51. The zero-order chi connectivity index (χ0) is 9.26. The standard InChI is InChI=1S/C9H10N4/c1-6-4-12-9(13-6)8-3-2-7(10)5-11-8/h2-5H,10H2,1H3,(H,12,13). The molecule has 0 radical (unpaired) electrons. The van der Waals surface area contributed by atoms with Gasteiger partial charge in [-0.05, 0) is 19.1 Å². The lowest BCUT2D eigenvalue weighted by molar-refractivity contribution is 1.20. The van der Waals surface area contributed by atoms with Crippen LogP contribution in [0.1, 0.15) is 5.69 Å². The maximum Gasteiger partial charge on any atom is 0.156 e. The Bertz CT molecular complexity index is 402. The first kappa shape index (κ1) is 7.79. The Morgan fingerprint density at radius 1 is 1.23 bits per heavy atom. The first-order valence-electron chi connectivity index (χ1n) is 3.99. The van der Waals surface area contributed by atoms with Crippen LogP contribution in [0, 0.1) is 6.92 Å². The molecule has 2 rings (SSSR count). The molecule has 0 bridgehead atoms. The number of hydrogen-bond acceptors (Lipinski definition) is 3. The molecule has 0 fully saturated rings. The maximum atomic E-state index is 5.52. The molecule has 2 aromatic heterocycles. The number of aromatic amines is 1. The van der Waals surface area contributed by atoms with Crippen molar-refractivity contribution in [3.63, 3.8) is 0 Å². The van der Waals surface area contributed by atoms with Crippen LogP contribution in [0.3, 0.4) is 0 Å². The van der Waals surface area contributed by atoms with Crippen molar-refractivity contribution in [1.82, 2.24) is 15.0 Å². The number of H-pyrrole nitrogens is 1. The molecule has 0 aromatic carbocycles. The van der Waals surface area contributed by atoms with Crippen molar-refractivity contribution in [2.24, 2.45) is 0 Å². The number of nitrogens with one attached hydrogen (secondary N) is 1. The number of rotatable bonds is 1. The highest BCUT2D eigenvalue weighted by molar-refractivity contribution is 5.52. The SMILES string of the molecule is Cc1cnc(-c2ccc(N)cn2)[nH]1. The summed E-state index contributed by atoms with van der Waals surface area (Å²) in [7, 11) is 0. The van der Waals surface area contributed by atoms with Crippen LogP contribution in [-0.4, -0.2) is 15.0 Å². The quantitative estimate of drug-likeness (QED) is 0.686. The number of nitrogens with two attached hydrogens (primary N) is 1. The van der Waals surface area contributed by atoms with Crippen LogP contribution in [0.25, 0.3) is 11.5 Å². The summed E-state index contributed by atoms with van der Waals surface area (Å²) in [4.78, 5) is 11.4. The molecule has 0 saturated heterocycles. The molecule has 2 aromatic rings. The normalized spacial score (nSPS) is 10.2. The average molecular weight is 174 g/mol. The number of imidazole rings is 1. The topological polar surface area (TPSA) is 67.6 Å². The predicted molar refractivity (Wildman–Crippen MR) is 51.0 cm³/mol. The minimum atomic E-state index is 0.659. The highest BCUT2D eigenvalue weighted by atomic mass is 14.9. The van der Waals surface area contributed by atoms with Crippen molar-refractivity contribution in [3.05, 3.63) is 30.2 Å². The molecule has 4 heteroatoms. The van der Waals surface area contributed by atoms with E-state index in [0.717, 1.165) is 17.2 Å². The van der Waals surface area contributed by atoms with Gasteiger partial charge in [-0.2, -0.15) is 0 Å². The molecule has 0 aliphatic heterocycles. The summed E-state index contributed by atoms with van der Waals surface area (Å²) in [5.74, 6) is 0.775. The molecular formula is C9H10N4. The molecule has 0 unspecified atom stereocenters. The van der Waals surface area contributed by atoms with Crippen molar-refractivity contribution in [1.29, 1.82) is 0 Å². The molecule has 0 amide bonds. The van der Waals surface area contributed by atoms with Crippen LogP contribution in [0.15, 0.2) is 24.5 Å². The van der Waals surface area contributed by atoms with Crippen LogP contribution in [0.2, 0.25) is 0 Å². The lowest BCUT2D eigenvalue weighted by Crippen LogP contribution is -1.89. The van der Waals surface area contributed by atoms with Gasteiger partial charge in [-0.25, -0.2) is 4.98 Å². The summed E-state index contributed by atoms with van der Waals surface area (Å²) in [6.07, 6.45) is 3.39. The number of aromatic nitrogens is 3. The second-order valence-corrected chi connectivity index (χ2v) is 2.89. The fourth-order valence-corrected chi connectivity index (χ4v) is 1.09. The first-order chi connectivity index (χ1) is 6.25. The van der Waals surface area contributed by atoms with Crippen molar-refractivity contribution in [2.45, 2.75) is 6.92 Å². The molecule has 66 valence electrons. The Hall–Kier alpha value is -1.84. The van der Waals surface area contributed by atoms with Gasteiger partial charge in [0.05, 0.1) is 11.9 Å². The minimum absolute atomic E-state index is 0.659. The molecule has 4 nitrogen and oxygen atoms in total. The van der Waals surface area contributed by atoms with Crippen LogP contribution in [-0.2, 0) is 0 Å². The van der Waals surface area contributed by atoms with Crippen molar-refractivity contribution in [3.8, 4) is 11.5 Å². The lowest BCUT2D eigenvalue weighted by atomic mass is 10.3. The Morgan fingerprint density at radius 2 is 2.08 bits per heavy atom. The van der Waals surface area contributed by atoms with Crippen LogP contribution < -0.4 is 5.73 Å². The van der Waals surface area contributed by atoms with E-state index in [2.05, 4.69) is 15.0 Å². The van der Waals surface area contributed by atoms with Crippen LogP contribution in [0.5, 0.6) is 0 Å². The van der Waals surface area contributed by atoms with E-state index in [1.54, 1.807) is 18.5 Å². The molecule has 0 saturated carbocycles. The Morgan fingerprint density at radius 3 is 2.62 bits per heavy atom. The molecule has 0 aliphatic carbocycles. The number of hydrogen-bond donors (Lipinski definition) is 2. The molecule has 0 atom stereocenters. The van der Waals surface area contributed by atoms with Gasteiger partial charge in [-0.1, -0.05) is 0 Å². The number of nitrogen functional groups attached to an aromatic ring is 1. The third-order valence-electron chi connectivity index (χ3n) is 1.73. The smallest absolute Gasteiger partial charge is 0.156 e. The first-order valence-corrected chi connectivity index (χ1v) is 3.99. The highest BCUT2D eigenvalue weighted by Gasteiger charge is 2.01. The fraction of sp³-hybridized carbons (Fsp3) is 0.111. The van der Waals surface area contributed by atoms with Gasteiger partial charge in [0.25, 0.3) is 0 Å². The van der Waals surface area contributed by atoms with Gasteiger partial charge in [-0.3, -0.25) is 4.98 Å². The summed E-state index contributed by atoms with van der Waals surface area (Å²) >= 11 is 0. The summed E-state index contributed by atoms with van der Waals surface area (Å²) in [6, 6.07) is 3.65. The molecular weight excluding hydrogens is 164 g/mol. The van der Waals surface area contributed by atoms with E-state index in [4.69, 9.17) is 5.73 Å². The number of nitrogens with zero attached hydrogens (tertiary/aromatic N) is 2. The molecule has 3 N–H and O–H groups in total. The minimum Gasteiger partial charge on any atom is -0.397 e. The van der Waals surface area contributed by atoms with Gasteiger partial charge in [0.1, 0.15) is 5.69 Å². The van der Waals surface area contributed by atoms with Crippen molar-refractivity contribution >= 4 is 5.69 Å². The second-order valence-electron chi connectivity index (χ2n) is 2.89. The van der Waals surface area contributed by atoms with Gasteiger partial charge in [-0.15, -0.1) is 0 Å². The highest BCUT2D eigenvalue weighted by Crippen LogP contribution is 2.13. The maximum absolute atomic E-state index is 5.52. The third-order valence-corrected chi connectivity index (χ3v) is 1.73. The molecule has 0 spiro atoms. The van der Waals surface area contributed by atoms with E-state index in [9.17, 15) is 0 Å². The van der Waals surface area contributed by atoms with Crippen molar-refractivity contribution in [2.75, 3.05) is 5.73 Å². The summed E-state index contributed by atoms with van der Waals surface area (Å²) in [6.45, 7) is 1.95. The Balaban J connectivity index is 2.41. The van der Waals surface area contributed by atoms with E-state index in [1.165, 1.54) is 0 Å². The van der Waals surface area contributed by atoms with Crippen LogP contribution >= 0.6 is 0 Å². The van der Waals surface area contributed by atoms with Crippen LogP contribution in [0.4, 0.5) is 5.69 Å². The zero-order valence-corrected chi connectivity index (χ0v) is 7.28. The zero-order valence-electron chi connectivity index (χ0n) is 7.28. The monoisotopic (exact) mass is 174 g/mol. The molecule has 2 heterocycles. The number of pyridine rings is 1. The fourth-order valence-electron chi connectivity index (χ4n) is 1.09. The van der Waals surface area contributed by atoms with Gasteiger partial charge in [0, 0.05) is 11.9 Å². The van der Waals surface area contributed by atoms with Gasteiger partial charge >= 0.3 is 0 Å². The Kier molecular flexibility index (Phi) is 1.73. The van der Waals surface area contributed by atoms with E-state index in [0.29, 0.717) is 5.69 Å². The van der Waals surface area contributed by atoms with E-state index in [1.807, 2.05) is 13.0 Å². The number of aryl methyl sites for hydroxylation is 1. The van der Waals surface area contributed by atoms with Gasteiger partial charge in [0.2, 0.25) is 0 Å². The van der Waals surface area contributed by atoms with E-state index in [-0.39, 0.29) is 0 Å².